The van der Waals surface area contributed by atoms with Crippen molar-refractivity contribution in [2.24, 2.45) is 0 Å². The van der Waals surface area contributed by atoms with Gasteiger partial charge in [0.15, 0.2) is 0 Å². The van der Waals surface area contributed by atoms with Gasteiger partial charge in [0.1, 0.15) is 0 Å². The molecule has 0 atom stereocenters. The van der Waals surface area contributed by atoms with Gasteiger partial charge in [-0.3, -0.25) is 0 Å². The van der Waals surface area contributed by atoms with E-state index in [1.54, 1.807) is 0 Å². The first-order chi connectivity index (χ1) is 5.36. The molecule has 0 saturated carbocycles. The normalized spacial score (nSPS) is 16.1. The van der Waals surface area contributed by atoms with Crippen molar-refractivity contribution in [1.82, 2.24) is 0 Å². The number of hydrogen-bond donors (Lipinski definition) is 1. The van der Waals surface area contributed by atoms with Gasteiger partial charge in [0.25, 0.3) is 0 Å². The third-order valence-corrected chi connectivity index (χ3v) is 2.24. The predicted molar refractivity (Wildman–Crippen MR) is 47.1 cm³/mol. The minimum Gasteiger partial charge on any atom is -0.376 e. The second-order valence-corrected chi connectivity index (χ2v) is 3.27. The van der Waals surface area contributed by atoms with Gasteiger partial charge in [0.05, 0.1) is 13.2 Å². The molecule has 0 spiro atoms. The molecule has 1 aromatic carbocycles. The van der Waals surface area contributed by atoms with Crippen LogP contribution in [0.25, 0.3) is 0 Å². The Kier molecular flexibility index (Phi) is 1.88. The van der Waals surface area contributed by atoms with Crippen LogP contribution in [0, 0.1) is 0 Å². The third kappa shape index (κ3) is 1.42. The van der Waals surface area contributed by atoms with Crippen LogP contribution in [0.3, 0.4) is 0 Å². The molecule has 1 aromatic rings. The van der Waals surface area contributed by atoms with E-state index in [0.717, 1.165) is 24.5 Å². The molecule has 0 radical (unpaired) electrons. The maximum Gasteiger partial charge on any atom is 0.0719 e. The minimum atomic E-state index is 0.767. The summed E-state index contributed by atoms with van der Waals surface area (Å²) in [5, 5.41) is 0. The van der Waals surface area contributed by atoms with Gasteiger partial charge in [-0.2, -0.15) is 0 Å². The standard InChI is InChI=1S/C9H10OS/c11-9-2-1-8-6-10-4-3-7(8)5-9/h1-2,5,11H,3-4,6H2. The smallest absolute Gasteiger partial charge is 0.0719 e. The lowest BCUT2D eigenvalue weighted by atomic mass is 10.0. The van der Waals surface area contributed by atoms with Crippen molar-refractivity contribution < 1.29 is 4.74 Å². The summed E-state index contributed by atoms with van der Waals surface area (Å²) in [6.45, 7) is 1.62. The monoisotopic (exact) mass is 166 g/mol. The van der Waals surface area contributed by atoms with Crippen LogP contribution < -0.4 is 0 Å². The number of benzene rings is 1. The fourth-order valence-corrected chi connectivity index (χ4v) is 1.58. The summed E-state index contributed by atoms with van der Waals surface area (Å²) in [7, 11) is 0. The zero-order valence-corrected chi connectivity index (χ0v) is 7.10. The van der Waals surface area contributed by atoms with E-state index in [2.05, 4.69) is 24.8 Å². The Morgan fingerprint density at radius 1 is 1.27 bits per heavy atom. The van der Waals surface area contributed by atoms with Crippen molar-refractivity contribution in [3.63, 3.8) is 0 Å². The fraction of sp³-hybridized carbons (Fsp3) is 0.333. The highest BCUT2D eigenvalue weighted by Crippen LogP contribution is 2.19. The summed E-state index contributed by atoms with van der Waals surface area (Å²) in [4.78, 5) is 1.05. The van der Waals surface area contributed by atoms with Crippen LogP contribution >= 0.6 is 12.6 Å². The number of thiol groups is 1. The summed E-state index contributed by atoms with van der Waals surface area (Å²) >= 11 is 4.28. The highest BCUT2D eigenvalue weighted by Gasteiger charge is 2.07. The van der Waals surface area contributed by atoms with Gasteiger partial charge in [-0.25, -0.2) is 0 Å². The lowest BCUT2D eigenvalue weighted by Gasteiger charge is -2.15. The van der Waals surface area contributed by atoms with E-state index in [4.69, 9.17) is 4.74 Å². The summed E-state index contributed by atoms with van der Waals surface area (Å²) in [5.41, 5.74) is 2.71. The van der Waals surface area contributed by atoms with Crippen LogP contribution in [0.2, 0.25) is 0 Å². The number of rotatable bonds is 0. The number of ether oxygens (including phenoxy) is 1. The summed E-state index contributed by atoms with van der Waals surface area (Å²) < 4.78 is 5.31. The predicted octanol–water partition coefficient (Wildman–Crippen LogP) is 2.05. The zero-order chi connectivity index (χ0) is 7.68. The van der Waals surface area contributed by atoms with Crippen LogP contribution in [-0.4, -0.2) is 6.61 Å². The van der Waals surface area contributed by atoms with Crippen molar-refractivity contribution >= 4 is 12.6 Å². The third-order valence-electron chi connectivity index (χ3n) is 1.96. The van der Waals surface area contributed by atoms with Gasteiger partial charge in [0, 0.05) is 4.90 Å². The van der Waals surface area contributed by atoms with Crippen molar-refractivity contribution in [2.45, 2.75) is 17.9 Å². The van der Waals surface area contributed by atoms with Gasteiger partial charge < -0.3 is 4.74 Å². The first-order valence-corrected chi connectivity index (χ1v) is 4.19. The fourth-order valence-electron chi connectivity index (χ4n) is 1.35. The van der Waals surface area contributed by atoms with E-state index in [-0.39, 0.29) is 0 Å². The molecular weight excluding hydrogens is 156 g/mol. The summed E-state index contributed by atoms with van der Waals surface area (Å²) in [5.74, 6) is 0. The van der Waals surface area contributed by atoms with E-state index in [9.17, 15) is 0 Å². The van der Waals surface area contributed by atoms with Crippen molar-refractivity contribution in [3.8, 4) is 0 Å². The Labute approximate surface area is 71.8 Å². The number of fused-ring (bicyclic) bond motifs is 1. The largest absolute Gasteiger partial charge is 0.376 e. The average molecular weight is 166 g/mol. The van der Waals surface area contributed by atoms with Crippen molar-refractivity contribution in [3.05, 3.63) is 29.3 Å². The highest BCUT2D eigenvalue weighted by molar-refractivity contribution is 7.80. The van der Waals surface area contributed by atoms with Crippen LogP contribution in [0.15, 0.2) is 23.1 Å². The first kappa shape index (κ1) is 7.19. The van der Waals surface area contributed by atoms with Crippen LogP contribution in [0.4, 0.5) is 0 Å². The molecule has 1 aliphatic heterocycles. The lowest BCUT2D eigenvalue weighted by molar-refractivity contribution is 0.110. The van der Waals surface area contributed by atoms with Gasteiger partial charge in [-0.1, -0.05) is 6.07 Å². The summed E-state index contributed by atoms with van der Waals surface area (Å²) in [6.07, 6.45) is 1.03. The van der Waals surface area contributed by atoms with Crippen molar-refractivity contribution in [2.75, 3.05) is 6.61 Å². The van der Waals surface area contributed by atoms with Crippen molar-refractivity contribution in [1.29, 1.82) is 0 Å². The topological polar surface area (TPSA) is 9.23 Å². The van der Waals surface area contributed by atoms with Crippen LogP contribution in [-0.2, 0) is 17.8 Å². The Morgan fingerprint density at radius 3 is 3.09 bits per heavy atom. The molecule has 58 valence electrons. The molecule has 1 nitrogen and oxygen atoms in total. The Bertz CT molecular complexity index is 270. The molecule has 0 fully saturated rings. The molecule has 2 rings (SSSR count). The second-order valence-electron chi connectivity index (χ2n) is 2.76. The molecule has 1 heterocycles. The van der Waals surface area contributed by atoms with Gasteiger partial charge >= 0.3 is 0 Å². The molecule has 0 N–H and O–H groups in total. The molecule has 1 aliphatic rings. The van der Waals surface area contributed by atoms with E-state index in [0.29, 0.717) is 0 Å². The lowest BCUT2D eigenvalue weighted by Crippen LogP contribution is -2.09. The van der Waals surface area contributed by atoms with E-state index < -0.39 is 0 Å². The molecule has 0 aromatic heterocycles. The van der Waals surface area contributed by atoms with E-state index in [1.165, 1.54) is 11.1 Å². The maximum absolute atomic E-state index is 5.31. The quantitative estimate of drug-likeness (QED) is 0.580. The van der Waals surface area contributed by atoms with Crippen LogP contribution in [0.5, 0.6) is 0 Å². The molecule has 0 saturated heterocycles. The Morgan fingerprint density at radius 2 is 2.18 bits per heavy atom. The second kappa shape index (κ2) is 2.88. The molecule has 0 unspecified atom stereocenters. The maximum atomic E-state index is 5.31. The Hall–Kier alpha value is -0.470. The van der Waals surface area contributed by atoms with E-state index >= 15 is 0 Å². The SMILES string of the molecule is Sc1ccc2c(c1)CCOC2. The molecule has 0 amide bonds. The molecular formula is C9H10OS. The number of hydrogen-bond acceptors (Lipinski definition) is 2. The Balaban J connectivity index is 2.43. The molecule has 0 bridgehead atoms. The summed E-state index contributed by atoms with van der Waals surface area (Å²) in [6, 6.07) is 6.23. The first-order valence-electron chi connectivity index (χ1n) is 3.75. The van der Waals surface area contributed by atoms with Gasteiger partial charge in [-0.05, 0) is 29.7 Å². The zero-order valence-electron chi connectivity index (χ0n) is 6.21. The molecule has 2 heteroatoms. The molecule has 0 aliphatic carbocycles. The van der Waals surface area contributed by atoms with Gasteiger partial charge in [0.2, 0.25) is 0 Å². The van der Waals surface area contributed by atoms with Crippen LogP contribution in [0.1, 0.15) is 11.1 Å². The van der Waals surface area contributed by atoms with Gasteiger partial charge in [-0.15, -0.1) is 12.6 Å². The minimum absolute atomic E-state index is 0.767. The van der Waals surface area contributed by atoms with E-state index in [1.807, 2.05) is 6.07 Å². The highest BCUT2D eigenvalue weighted by atomic mass is 32.1. The molecule has 11 heavy (non-hydrogen) atoms. The average Bonchev–Trinajstić information content (AvgIpc) is 2.04.